The predicted octanol–water partition coefficient (Wildman–Crippen LogP) is 5.67. The second-order valence-corrected chi connectivity index (χ2v) is 10.4. The van der Waals surface area contributed by atoms with Crippen LogP contribution >= 0.6 is 0 Å². The number of aliphatic hydroxyl groups is 1. The molecular weight excluding hydrogens is 508 g/mol. The third-order valence-electron chi connectivity index (χ3n) is 7.25. The maximum absolute atomic E-state index is 10.9. The molecule has 220 valence electrons. The molecule has 2 aromatic carbocycles. The van der Waals surface area contributed by atoms with Crippen molar-refractivity contribution in [1.29, 1.82) is 0 Å². The number of hydrogen-bond acceptors (Lipinski definition) is 7. The van der Waals surface area contributed by atoms with Crippen LogP contribution in [0.1, 0.15) is 38.8 Å². The Labute approximate surface area is 239 Å². The molecule has 1 aliphatic rings. The molecule has 0 aliphatic carbocycles. The number of ether oxygens (including phenoxy) is 6. The average Bonchev–Trinajstić information content (AvgIpc) is 3.28. The van der Waals surface area contributed by atoms with Crippen molar-refractivity contribution in [2.45, 2.75) is 77.7 Å². The molecule has 0 unspecified atom stereocenters. The fraction of sp³-hybridized carbons (Fsp3) is 0.515. The van der Waals surface area contributed by atoms with Crippen molar-refractivity contribution >= 4 is 0 Å². The Balaban J connectivity index is 1.83. The molecule has 7 heteroatoms. The molecule has 3 rings (SSSR count). The van der Waals surface area contributed by atoms with Crippen LogP contribution in [-0.2, 0) is 41.6 Å². The monoisotopic (exact) mass is 554 g/mol. The van der Waals surface area contributed by atoms with E-state index in [1.54, 1.807) is 20.3 Å². The number of allylic oxidation sites excluding steroid dienone is 1. The van der Waals surface area contributed by atoms with Crippen LogP contribution in [0.5, 0.6) is 0 Å². The highest BCUT2D eigenvalue weighted by Gasteiger charge is 2.47. The van der Waals surface area contributed by atoms with Crippen LogP contribution in [0.15, 0.2) is 84.5 Å². The molecular formula is C33H46O7. The van der Waals surface area contributed by atoms with E-state index in [0.717, 1.165) is 16.7 Å². The molecule has 1 heterocycles. The van der Waals surface area contributed by atoms with E-state index in [9.17, 15) is 5.11 Å². The molecule has 40 heavy (non-hydrogen) atoms. The van der Waals surface area contributed by atoms with Crippen molar-refractivity contribution in [3.05, 3.63) is 95.6 Å². The Bertz CT molecular complexity index is 1030. The molecule has 1 aliphatic heterocycles. The minimum Gasteiger partial charge on any atom is -0.386 e. The van der Waals surface area contributed by atoms with Gasteiger partial charge in [-0.15, -0.1) is 0 Å². The summed E-state index contributed by atoms with van der Waals surface area (Å²) in [7, 11) is 3.24. The highest BCUT2D eigenvalue weighted by atomic mass is 16.7. The fourth-order valence-electron chi connectivity index (χ4n) is 5.20. The number of hydrogen-bond donors (Lipinski definition) is 1. The molecule has 1 saturated heterocycles. The van der Waals surface area contributed by atoms with E-state index in [-0.39, 0.29) is 24.7 Å². The first-order chi connectivity index (χ1) is 19.4. The molecule has 1 fully saturated rings. The van der Waals surface area contributed by atoms with Crippen LogP contribution in [-0.4, -0.2) is 62.9 Å². The maximum Gasteiger partial charge on any atom is 0.162 e. The lowest BCUT2D eigenvalue weighted by molar-refractivity contribution is -0.172. The second kappa shape index (κ2) is 16.8. The van der Waals surface area contributed by atoms with Crippen molar-refractivity contribution in [2.24, 2.45) is 11.8 Å². The van der Waals surface area contributed by atoms with Gasteiger partial charge in [0.2, 0.25) is 0 Å². The lowest BCUT2D eigenvalue weighted by Gasteiger charge is -2.31. The lowest BCUT2D eigenvalue weighted by Crippen LogP contribution is -2.41. The summed E-state index contributed by atoms with van der Waals surface area (Å²) in [6.07, 6.45) is 2.87. The van der Waals surface area contributed by atoms with Gasteiger partial charge in [-0.05, 0) is 30.5 Å². The minimum absolute atomic E-state index is 0.0175. The Hall–Kier alpha value is -2.36. The van der Waals surface area contributed by atoms with Gasteiger partial charge in [0.05, 0.1) is 31.5 Å². The van der Waals surface area contributed by atoms with Gasteiger partial charge in [0.15, 0.2) is 6.29 Å². The Morgan fingerprint density at radius 3 is 2.17 bits per heavy atom. The highest BCUT2D eigenvalue weighted by molar-refractivity contribution is 5.17. The van der Waals surface area contributed by atoms with E-state index in [4.69, 9.17) is 28.4 Å². The quantitative estimate of drug-likeness (QED) is 0.212. The summed E-state index contributed by atoms with van der Waals surface area (Å²) in [5.41, 5.74) is 3.07. The highest BCUT2D eigenvalue weighted by Crippen LogP contribution is 2.35. The molecule has 0 bridgehead atoms. The van der Waals surface area contributed by atoms with Crippen LogP contribution in [0.25, 0.3) is 0 Å². The van der Waals surface area contributed by atoms with Crippen LogP contribution in [0.3, 0.4) is 0 Å². The molecule has 2 aromatic rings. The molecule has 0 amide bonds. The van der Waals surface area contributed by atoms with Crippen molar-refractivity contribution in [3.8, 4) is 0 Å². The molecule has 0 saturated carbocycles. The molecule has 0 radical (unpaired) electrons. The summed E-state index contributed by atoms with van der Waals surface area (Å²) in [4.78, 5) is 0. The summed E-state index contributed by atoms with van der Waals surface area (Å²) >= 11 is 0. The average molecular weight is 555 g/mol. The van der Waals surface area contributed by atoms with Crippen molar-refractivity contribution in [1.82, 2.24) is 0 Å². The third-order valence-corrected chi connectivity index (χ3v) is 7.25. The van der Waals surface area contributed by atoms with E-state index in [1.165, 1.54) is 0 Å². The molecule has 0 spiro atoms. The van der Waals surface area contributed by atoms with Crippen molar-refractivity contribution in [2.75, 3.05) is 21.0 Å². The smallest absolute Gasteiger partial charge is 0.162 e. The van der Waals surface area contributed by atoms with Gasteiger partial charge in [-0.1, -0.05) is 92.7 Å². The predicted molar refractivity (Wildman–Crippen MR) is 155 cm³/mol. The van der Waals surface area contributed by atoms with E-state index >= 15 is 0 Å². The van der Waals surface area contributed by atoms with Crippen molar-refractivity contribution < 1.29 is 33.5 Å². The van der Waals surface area contributed by atoms with Gasteiger partial charge in [0.1, 0.15) is 19.0 Å². The molecule has 0 aromatic heterocycles. The van der Waals surface area contributed by atoms with E-state index in [0.29, 0.717) is 13.2 Å². The van der Waals surface area contributed by atoms with Gasteiger partial charge < -0.3 is 33.5 Å². The van der Waals surface area contributed by atoms with Crippen LogP contribution in [0.4, 0.5) is 0 Å². The van der Waals surface area contributed by atoms with E-state index in [2.05, 4.69) is 13.0 Å². The van der Waals surface area contributed by atoms with Crippen LogP contribution in [0.2, 0.25) is 0 Å². The topological polar surface area (TPSA) is 75.6 Å². The zero-order valence-electron chi connectivity index (χ0n) is 24.6. The number of rotatable bonds is 16. The first kappa shape index (κ1) is 32.2. The maximum atomic E-state index is 10.9. The first-order valence-corrected chi connectivity index (χ1v) is 14.0. The van der Waals surface area contributed by atoms with Gasteiger partial charge in [-0.25, -0.2) is 0 Å². The minimum atomic E-state index is -0.770. The van der Waals surface area contributed by atoms with Gasteiger partial charge in [0, 0.05) is 26.1 Å². The SMILES string of the molecule is C/C=C\[C@@H](O)[C@@H](OCc1ccccc1)[C@H](C)/C=C(\C)[C@@H](OCOC)[C@H]1O[C@H](OC)[C@@H](C)[C@@H]1OCc1ccccc1. The number of methoxy groups -OCH3 is 2. The molecule has 7 nitrogen and oxygen atoms in total. The summed E-state index contributed by atoms with van der Waals surface area (Å²) < 4.78 is 36.2. The van der Waals surface area contributed by atoms with Gasteiger partial charge in [-0.3, -0.25) is 0 Å². The molecule has 1 N–H and O–H groups in total. The Morgan fingerprint density at radius 2 is 1.60 bits per heavy atom. The van der Waals surface area contributed by atoms with Gasteiger partial charge in [0.25, 0.3) is 0 Å². The summed E-state index contributed by atoms with van der Waals surface area (Å²) in [5, 5.41) is 10.9. The standard InChI is InChI=1S/C33H46O7/c1-7-14-28(34)29(37-20-26-15-10-8-11-16-26)23(2)19-24(3)30(39-22-35-5)32-31(25(4)33(36-6)40-32)38-21-27-17-12-9-13-18-27/h7-19,23,25,28-34H,20-22H2,1-6H3/b14-7-,24-19+/t23-,25+,28-,29+,30-,31+,32-,33+/m1/s1. The van der Waals surface area contributed by atoms with E-state index < -0.39 is 30.7 Å². The summed E-state index contributed by atoms with van der Waals surface area (Å²) in [6.45, 7) is 8.95. The van der Waals surface area contributed by atoms with Gasteiger partial charge in [-0.2, -0.15) is 0 Å². The normalized spacial score (nSPS) is 24.7. The van der Waals surface area contributed by atoms with E-state index in [1.807, 2.05) is 87.5 Å². The van der Waals surface area contributed by atoms with Crippen LogP contribution < -0.4 is 0 Å². The zero-order chi connectivity index (χ0) is 28.9. The third kappa shape index (κ3) is 9.08. The van der Waals surface area contributed by atoms with Gasteiger partial charge >= 0.3 is 0 Å². The largest absolute Gasteiger partial charge is 0.386 e. The second-order valence-electron chi connectivity index (χ2n) is 10.4. The molecule has 8 atom stereocenters. The lowest BCUT2D eigenvalue weighted by atomic mass is 9.91. The number of aliphatic hydroxyl groups excluding tert-OH is 1. The fourth-order valence-corrected chi connectivity index (χ4v) is 5.20. The first-order valence-electron chi connectivity index (χ1n) is 14.0. The number of benzene rings is 2. The zero-order valence-corrected chi connectivity index (χ0v) is 24.6. The van der Waals surface area contributed by atoms with Crippen molar-refractivity contribution in [3.63, 3.8) is 0 Å². The summed E-state index contributed by atoms with van der Waals surface area (Å²) in [5.74, 6) is -0.152. The Kier molecular flexibility index (Phi) is 13.5. The van der Waals surface area contributed by atoms with Crippen LogP contribution in [0, 0.1) is 11.8 Å². The summed E-state index contributed by atoms with van der Waals surface area (Å²) in [6, 6.07) is 20.0. The Morgan fingerprint density at radius 1 is 0.975 bits per heavy atom.